The molecule has 1 saturated heterocycles. The van der Waals surface area contributed by atoms with E-state index >= 15 is 0 Å². The SMILES string of the molecule is CC1CCN(c2cc(Cl)ccc2CBr)C1. The standard InChI is InChI=1S/C12H15BrClN/c1-9-4-5-15(8-9)12-6-11(14)3-2-10(12)7-13/h2-3,6,9H,4-5,7-8H2,1H3. The molecule has 1 heterocycles. The van der Waals surface area contributed by atoms with Crippen molar-refractivity contribution >= 4 is 33.2 Å². The van der Waals surface area contributed by atoms with E-state index in [1.54, 1.807) is 0 Å². The Morgan fingerprint density at radius 1 is 1.53 bits per heavy atom. The van der Waals surface area contributed by atoms with Crippen LogP contribution < -0.4 is 4.90 Å². The quantitative estimate of drug-likeness (QED) is 0.741. The minimum absolute atomic E-state index is 0.798. The van der Waals surface area contributed by atoms with Gasteiger partial charge < -0.3 is 4.90 Å². The zero-order valence-electron chi connectivity index (χ0n) is 8.84. The second kappa shape index (κ2) is 4.75. The Balaban J connectivity index is 2.29. The molecule has 1 fully saturated rings. The second-order valence-electron chi connectivity index (χ2n) is 4.25. The van der Waals surface area contributed by atoms with Gasteiger partial charge >= 0.3 is 0 Å². The van der Waals surface area contributed by atoms with Gasteiger partial charge in [-0.3, -0.25) is 0 Å². The fourth-order valence-corrected chi connectivity index (χ4v) is 2.74. The van der Waals surface area contributed by atoms with Gasteiger partial charge in [0.2, 0.25) is 0 Å². The van der Waals surface area contributed by atoms with Gasteiger partial charge in [0.1, 0.15) is 0 Å². The number of benzene rings is 1. The van der Waals surface area contributed by atoms with Gasteiger partial charge in [-0.1, -0.05) is 40.5 Å². The van der Waals surface area contributed by atoms with Gasteiger partial charge in [-0.25, -0.2) is 0 Å². The summed E-state index contributed by atoms with van der Waals surface area (Å²) in [4.78, 5) is 2.44. The lowest BCUT2D eigenvalue weighted by atomic mass is 10.1. The highest BCUT2D eigenvalue weighted by atomic mass is 79.9. The Morgan fingerprint density at radius 3 is 2.93 bits per heavy atom. The van der Waals surface area contributed by atoms with Crippen molar-refractivity contribution in [3.05, 3.63) is 28.8 Å². The highest BCUT2D eigenvalue weighted by molar-refractivity contribution is 9.08. The monoisotopic (exact) mass is 287 g/mol. The van der Waals surface area contributed by atoms with Gasteiger partial charge in [-0.2, -0.15) is 0 Å². The molecule has 2 rings (SSSR count). The summed E-state index contributed by atoms with van der Waals surface area (Å²) < 4.78 is 0. The fourth-order valence-electron chi connectivity index (χ4n) is 2.10. The smallest absolute Gasteiger partial charge is 0.0426 e. The van der Waals surface area contributed by atoms with Gasteiger partial charge in [0.25, 0.3) is 0 Å². The molecule has 1 aromatic carbocycles. The fraction of sp³-hybridized carbons (Fsp3) is 0.500. The first-order valence-corrected chi connectivity index (χ1v) is 6.80. The Labute approximate surface area is 105 Å². The number of anilines is 1. The summed E-state index contributed by atoms with van der Waals surface area (Å²) in [5, 5.41) is 1.72. The predicted octanol–water partition coefficient (Wildman–Crippen LogP) is 4.08. The predicted molar refractivity (Wildman–Crippen MR) is 70.1 cm³/mol. The van der Waals surface area contributed by atoms with Crippen LogP contribution >= 0.6 is 27.5 Å². The Hall–Kier alpha value is -0.210. The van der Waals surface area contributed by atoms with Crippen LogP contribution in [-0.2, 0) is 5.33 Å². The third-order valence-electron chi connectivity index (χ3n) is 2.96. The summed E-state index contributed by atoms with van der Waals surface area (Å²) >= 11 is 9.57. The molecule has 0 aromatic heterocycles. The van der Waals surface area contributed by atoms with Crippen molar-refractivity contribution in [3.8, 4) is 0 Å². The molecular formula is C12H15BrClN. The normalized spacial score (nSPS) is 21.0. The molecule has 0 amide bonds. The van der Waals surface area contributed by atoms with E-state index in [2.05, 4.69) is 39.9 Å². The minimum atomic E-state index is 0.798. The highest BCUT2D eigenvalue weighted by Crippen LogP contribution is 2.30. The molecule has 1 unspecified atom stereocenters. The Kier molecular flexibility index (Phi) is 3.57. The molecule has 1 aromatic rings. The van der Waals surface area contributed by atoms with Crippen molar-refractivity contribution in [2.24, 2.45) is 5.92 Å². The van der Waals surface area contributed by atoms with Crippen LogP contribution in [0.1, 0.15) is 18.9 Å². The molecule has 0 radical (unpaired) electrons. The van der Waals surface area contributed by atoms with Gasteiger partial charge in [0.15, 0.2) is 0 Å². The summed E-state index contributed by atoms with van der Waals surface area (Å²) in [6.45, 7) is 4.61. The van der Waals surface area contributed by atoms with E-state index in [1.807, 2.05) is 6.07 Å². The van der Waals surface area contributed by atoms with Crippen LogP contribution in [0.5, 0.6) is 0 Å². The molecule has 0 saturated carbocycles. The van der Waals surface area contributed by atoms with Crippen molar-refractivity contribution < 1.29 is 0 Å². The number of hydrogen-bond donors (Lipinski definition) is 0. The van der Waals surface area contributed by atoms with Crippen molar-refractivity contribution in [2.75, 3.05) is 18.0 Å². The van der Waals surface area contributed by atoms with E-state index in [4.69, 9.17) is 11.6 Å². The molecule has 0 bridgehead atoms. The molecule has 0 aliphatic carbocycles. The van der Waals surface area contributed by atoms with Crippen LogP contribution in [0, 0.1) is 5.92 Å². The number of rotatable bonds is 2. The first-order valence-electron chi connectivity index (χ1n) is 5.30. The summed E-state index contributed by atoms with van der Waals surface area (Å²) in [7, 11) is 0. The van der Waals surface area contributed by atoms with Crippen LogP contribution in [0.15, 0.2) is 18.2 Å². The lowest BCUT2D eigenvalue weighted by molar-refractivity contribution is 0.659. The summed E-state index contributed by atoms with van der Waals surface area (Å²) in [5.41, 5.74) is 2.62. The second-order valence-corrected chi connectivity index (χ2v) is 5.24. The maximum atomic E-state index is 6.05. The van der Waals surface area contributed by atoms with Crippen LogP contribution in [-0.4, -0.2) is 13.1 Å². The number of hydrogen-bond acceptors (Lipinski definition) is 1. The highest BCUT2D eigenvalue weighted by Gasteiger charge is 2.20. The van der Waals surface area contributed by atoms with Crippen LogP contribution in [0.4, 0.5) is 5.69 Å². The van der Waals surface area contributed by atoms with E-state index in [0.717, 1.165) is 29.4 Å². The molecule has 15 heavy (non-hydrogen) atoms. The van der Waals surface area contributed by atoms with Crippen LogP contribution in [0.25, 0.3) is 0 Å². The van der Waals surface area contributed by atoms with Crippen LogP contribution in [0.2, 0.25) is 5.02 Å². The van der Waals surface area contributed by atoms with E-state index in [9.17, 15) is 0 Å². The maximum absolute atomic E-state index is 6.05. The number of halogens is 2. The van der Waals surface area contributed by atoms with Gasteiger partial charge in [0.05, 0.1) is 0 Å². The van der Waals surface area contributed by atoms with Crippen molar-refractivity contribution in [1.82, 2.24) is 0 Å². The average Bonchev–Trinajstić information content (AvgIpc) is 2.65. The molecule has 0 spiro atoms. The van der Waals surface area contributed by atoms with Gasteiger partial charge in [-0.15, -0.1) is 0 Å². The largest absolute Gasteiger partial charge is 0.371 e. The zero-order valence-corrected chi connectivity index (χ0v) is 11.2. The van der Waals surface area contributed by atoms with Gasteiger partial charge in [0, 0.05) is 29.1 Å². The lowest BCUT2D eigenvalue weighted by Gasteiger charge is -2.21. The summed E-state index contributed by atoms with van der Waals surface area (Å²) in [5.74, 6) is 0.798. The summed E-state index contributed by atoms with van der Waals surface area (Å²) in [6, 6.07) is 6.15. The molecule has 0 N–H and O–H groups in total. The van der Waals surface area contributed by atoms with E-state index in [-0.39, 0.29) is 0 Å². The topological polar surface area (TPSA) is 3.24 Å². The van der Waals surface area contributed by atoms with E-state index in [1.165, 1.54) is 17.7 Å². The molecule has 1 aliphatic heterocycles. The molecule has 1 atom stereocenters. The van der Waals surface area contributed by atoms with E-state index in [0.29, 0.717) is 0 Å². The van der Waals surface area contributed by atoms with Crippen molar-refractivity contribution in [2.45, 2.75) is 18.7 Å². The molecule has 82 valence electrons. The minimum Gasteiger partial charge on any atom is -0.371 e. The number of nitrogens with zero attached hydrogens (tertiary/aromatic N) is 1. The third kappa shape index (κ3) is 2.48. The summed E-state index contributed by atoms with van der Waals surface area (Å²) in [6.07, 6.45) is 1.29. The van der Waals surface area contributed by atoms with Crippen molar-refractivity contribution in [3.63, 3.8) is 0 Å². The molecule has 1 nitrogen and oxygen atoms in total. The van der Waals surface area contributed by atoms with E-state index < -0.39 is 0 Å². The molecule has 3 heteroatoms. The van der Waals surface area contributed by atoms with Crippen LogP contribution in [0.3, 0.4) is 0 Å². The Bertz CT molecular complexity index is 353. The molecule has 1 aliphatic rings. The first-order chi connectivity index (χ1) is 7.20. The maximum Gasteiger partial charge on any atom is 0.0426 e. The average molecular weight is 289 g/mol. The Morgan fingerprint density at radius 2 is 2.33 bits per heavy atom. The molecular weight excluding hydrogens is 273 g/mol. The first kappa shape index (κ1) is 11.3. The third-order valence-corrected chi connectivity index (χ3v) is 3.80. The van der Waals surface area contributed by atoms with Crippen molar-refractivity contribution in [1.29, 1.82) is 0 Å². The zero-order chi connectivity index (χ0) is 10.8. The number of alkyl halides is 1. The lowest BCUT2D eigenvalue weighted by Crippen LogP contribution is -2.20. The van der Waals surface area contributed by atoms with Gasteiger partial charge in [-0.05, 0) is 30.0 Å².